The fraction of sp³-hybridized carbons (Fsp3) is 0.640. The third-order valence-electron chi connectivity index (χ3n) is 6.86. The molecule has 0 N–H and O–H groups in total. The molecule has 2 aliphatic rings. The molecule has 1 aromatic rings. The quantitative estimate of drug-likeness (QED) is 0.512. The molecule has 2 saturated carbocycles. The first-order valence-electron chi connectivity index (χ1n) is 11.2. The molecule has 0 aliphatic heterocycles. The lowest BCUT2D eigenvalue weighted by molar-refractivity contribution is 0.0162. The number of ether oxygens (including phenoxy) is 1. The second kappa shape index (κ2) is 11.0. The van der Waals surface area contributed by atoms with Gasteiger partial charge in [0.05, 0.1) is 17.7 Å². The van der Waals surface area contributed by atoms with Crippen LogP contribution in [-0.2, 0) is 4.74 Å². The van der Waals surface area contributed by atoms with Gasteiger partial charge in [0.15, 0.2) is 0 Å². The van der Waals surface area contributed by atoms with E-state index in [-0.39, 0.29) is 12.1 Å². The minimum Gasteiger partial charge on any atom is -0.459 e. The van der Waals surface area contributed by atoms with Gasteiger partial charge in [-0.3, -0.25) is 0 Å². The van der Waals surface area contributed by atoms with Crippen molar-refractivity contribution in [2.45, 2.75) is 89.1 Å². The fourth-order valence-electron chi connectivity index (χ4n) is 4.97. The molecule has 0 unspecified atom stereocenters. The predicted octanol–water partition coefficient (Wildman–Crippen LogP) is 6.28. The maximum absolute atomic E-state index is 12.5. The maximum atomic E-state index is 12.5. The second-order valence-corrected chi connectivity index (χ2v) is 8.78. The number of esters is 1. The zero-order chi connectivity index (χ0) is 20.5. The SMILES string of the molecule is N#CCCC1CCC(OC(=O)c2ccc([C@H]3CC[C@H](CCC#N)CC3)cc2)CC1. The van der Waals surface area contributed by atoms with Gasteiger partial charge in [-0.15, -0.1) is 0 Å². The van der Waals surface area contributed by atoms with E-state index >= 15 is 0 Å². The van der Waals surface area contributed by atoms with Crippen molar-refractivity contribution in [1.82, 2.24) is 0 Å². The van der Waals surface area contributed by atoms with Gasteiger partial charge in [0.1, 0.15) is 6.10 Å². The first-order valence-corrected chi connectivity index (χ1v) is 11.2. The van der Waals surface area contributed by atoms with E-state index in [9.17, 15) is 4.79 Å². The molecule has 4 heteroatoms. The number of nitriles is 2. The summed E-state index contributed by atoms with van der Waals surface area (Å²) in [6.45, 7) is 0. The van der Waals surface area contributed by atoms with Crippen molar-refractivity contribution >= 4 is 5.97 Å². The zero-order valence-corrected chi connectivity index (χ0v) is 17.3. The summed E-state index contributed by atoms with van der Waals surface area (Å²) in [4.78, 5) is 12.5. The predicted molar refractivity (Wildman–Crippen MR) is 112 cm³/mol. The van der Waals surface area contributed by atoms with E-state index in [1.807, 2.05) is 12.1 Å². The van der Waals surface area contributed by atoms with Gasteiger partial charge in [0, 0.05) is 12.8 Å². The Morgan fingerprint density at radius 1 is 0.828 bits per heavy atom. The van der Waals surface area contributed by atoms with Crippen LogP contribution < -0.4 is 0 Å². The van der Waals surface area contributed by atoms with Crippen LogP contribution >= 0.6 is 0 Å². The molecule has 0 amide bonds. The normalized spacial score (nSPS) is 26.8. The highest BCUT2D eigenvalue weighted by molar-refractivity contribution is 5.89. The Kier molecular flexibility index (Phi) is 8.12. The van der Waals surface area contributed by atoms with Gasteiger partial charge in [-0.1, -0.05) is 12.1 Å². The van der Waals surface area contributed by atoms with Crippen LogP contribution in [0, 0.1) is 34.5 Å². The van der Waals surface area contributed by atoms with E-state index in [1.165, 1.54) is 31.2 Å². The summed E-state index contributed by atoms with van der Waals surface area (Å²) in [6, 6.07) is 12.5. The van der Waals surface area contributed by atoms with Crippen molar-refractivity contribution in [2.75, 3.05) is 0 Å². The molecule has 1 aromatic carbocycles. The molecule has 4 nitrogen and oxygen atoms in total. The monoisotopic (exact) mass is 392 g/mol. The minimum absolute atomic E-state index is 0.0178. The largest absolute Gasteiger partial charge is 0.459 e. The first-order chi connectivity index (χ1) is 14.2. The van der Waals surface area contributed by atoms with Gasteiger partial charge in [0.2, 0.25) is 0 Å². The number of benzene rings is 1. The lowest BCUT2D eigenvalue weighted by Crippen LogP contribution is -2.24. The highest BCUT2D eigenvalue weighted by Gasteiger charge is 2.25. The summed E-state index contributed by atoms with van der Waals surface area (Å²) < 4.78 is 5.74. The van der Waals surface area contributed by atoms with E-state index in [4.69, 9.17) is 15.3 Å². The number of hydrogen-bond donors (Lipinski definition) is 0. The van der Waals surface area contributed by atoms with Gasteiger partial charge in [-0.25, -0.2) is 4.79 Å². The third kappa shape index (κ3) is 6.33. The van der Waals surface area contributed by atoms with Crippen molar-refractivity contribution in [3.63, 3.8) is 0 Å². The number of nitrogens with zero attached hydrogens (tertiary/aromatic N) is 2. The van der Waals surface area contributed by atoms with Crippen molar-refractivity contribution < 1.29 is 9.53 Å². The van der Waals surface area contributed by atoms with Crippen LogP contribution in [0.4, 0.5) is 0 Å². The Bertz CT molecular complexity index is 728. The fourth-order valence-corrected chi connectivity index (χ4v) is 4.97. The Morgan fingerprint density at radius 2 is 1.34 bits per heavy atom. The average Bonchev–Trinajstić information content (AvgIpc) is 2.77. The van der Waals surface area contributed by atoms with Crippen LogP contribution in [0.3, 0.4) is 0 Å². The van der Waals surface area contributed by atoms with E-state index in [2.05, 4.69) is 24.3 Å². The summed E-state index contributed by atoms with van der Waals surface area (Å²) in [5.41, 5.74) is 1.96. The van der Waals surface area contributed by atoms with E-state index in [0.717, 1.165) is 38.5 Å². The molecule has 3 rings (SSSR count). The van der Waals surface area contributed by atoms with Gasteiger partial charge >= 0.3 is 5.97 Å². The summed E-state index contributed by atoms with van der Waals surface area (Å²) in [6.07, 6.45) is 12.0. The molecule has 154 valence electrons. The molecule has 0 heterocycles. The highest BCUT2D eigenvalue weighted by Crippen LogP contribution is 2.37. The highest BCUT2D eigenvalue weighted by atomic mass is 16.5. The molecule has 0 bridgehead atoms. The van der Waals surface area contributed by atoms with Gasteiger partial charge < -0.3 is 4.74 Å². The van der Waals surface area contributed by atoms with Gasteiger partial charge in [0.25, 0.3) is 0 Å². The standard InChI is InChI=1S/C25H32N2O2/c26-17-1-3-19-5-9-21(10-6-19)22-11-13-23(14-12-22)25(28)29-24-15-7-20(8-16-24)4-2-18-27/h11-14,19-21,24H,1-10,15-16H2/t19-,20?,21-,24?. The molecule has 0 aromatic heterocycles. The minimum atomic E-state index is -0.211. The van der Waals surface area contributed by atoms with Gasteiger partial charge in [-0.05, 0) is 99.7 Å². The van der Waals surface area contributed by atoms with Crippen molar-refractivity contribution in [3.8, 4) is 12.1 Å². The molecule has 0 atom stereocenters. The summed E-state index contributed by atoms with van der Waals surface area (Å²) in [7, 11) is 0. The number of rotatable bonds is 7. The van der Waals surface area contributed by atoms with E-state index < -0.39 is 0 Å². The van der Waals surface area contributed by atoms with Crippen molar-refractivity contribution in [2.24, 2.45) is 11.8 Å². The smallest absolute Gasteiger partial charge is 0.338 e. The molecule has 0 radical (unpaired) electrons. The average molecular weight is 393 g/mol. The van der Waals surface area contributed by atoms with Crippen molar-refractivity contribution in [3.05, 3.63) is 35.4 Å². The summed E-state index contributed by atoms with van der Waals surface area (Å²) in [5, 5.41) is 17.5. The number of hydrogen-bond acceptors (Lipinski definition) is 4. The van der Waals surface area contributed by atoms with E-state index in [1.54, 1.807) is 0 Å². The van der Waals surface area contributed by atoms with Crippen LogP contribution in [0.15, 0.2) is 24.3 Å². The van der Waals surface area contributed by atoms with Crippen LogP contribution in [0.1, 0.15) is 98.9 Å². The molecule has 0 spiro atoms. The van der Waals surface area contributed by atoms with Crippen LogP contribution in [0.5, 0.6) is 0 Å². The Labute approximate surface area is 174 Å². The summed E-state index contributed by atoms with van der Waals surface area (Å²) in [5.74, 6) is 1.67. The van der Waals surface area contributed by atoms with Crippen LogP contribution in [-0.4, -0.2) is 12.1 Å². The second-order valence-electron chi connectivity index (χ2n) is 8.78. The number of carbonyl (C=O) groups excluding carboxylic acids is 1. The topological polar surface area (TPSA) is 73.9 Å². The Hall–Kier alpha value is -2.33. The Balaban J connectivity index is 1.44. The van der Waals surface area contributed by atoms with Crippen molar-refractivity contribution in [1.29, 1.82) is 10.5 Å². The van der Waals surface area contributed by atoms with Gasteiger partial charge in [-0.2, -0.15) is 10.5 Å². The lowest BCUT2D eigenvalue weighted by Gasteiger charge is -2.29. The summed E-state index contributed by atoms with van der Waals surface area (Å²) >= 11 is 0. The lowest BCUT2D eigenvalue weighted by atomic mass is 9.77. The molecule has 0 saturated heterocycles. The zero-order valence-electron chi connectivity index (χ0n) is 17.3. The molecular weight excluding hydrogens is 360 g/mol. The van der Waals surface area contributed by atoms with Crippen LogP contribution in [0.25, 0.3) is 0 Å². The third-order valence-corrected chi connectivity index (χ3v) is 6.86. The molecule has 2 fully saturated rings. The number of carbonyl (C=O) groups is 1. The molecule has 2 aliphatic carbocycles. The molecule has 29 heavy (non-hydrogen) atoms. The Morgan fingerprint density at radius 3 is 1.86 bits per heavy atom. The first kappa shape index (κ1) is 21.4. The van der Waals surface area contributed by atoms with E-state index in [0.29, 0.717) is 36.2 Å². The molecular formula is C25H32N2O2. The maximum Gasteiger partial charge on any atom is 0.338 e. The van der Waals surface area contributed by atoms with Crippen LogP contribution in [0.2, 0.25) is 0 Å².